The van der Waals surface area contributed by atoms with E-state index in [0.717, 1.165) is 17.7 Å². The highest BCUT2D eigenvalue weighted by Crippen LogP contribution is 2.33. The number of ether oxygens (including phenoxy) is 2. The molecule has 0 atom stereocenters. The second kappa shape index (κ2) is 9.59. The Bertz CT molecular complexity index is 1070. The first-order valence-corrected chi connectivity index (χ1v) is 11.6. The van der Waals surface area contributed by atoms with Crippen molar-refractivity contribution < 1.29 is 18.7 Å². The third-order valence-corrected chi connectivity index (χ3v) is 5.77. The Kier molecular flexibility index (Phi) is 6.79. The summed E-state index contributed by atoms with van der Waals surface area (Å²) in [5.74, 6) is 1.06. The minimum Gasteiger partial charge on any atom is -0.490 e. The van der Waals surface area contributed by atoms with Crippen LogP contribution in [-0.4, -0.2) is 47.8 Å². The summed E-state index contributed by atoms with van der Waals surface area (Å²) in [5.41, 5.74) is 1.95. The van der Waals surface area contributed by atoms with Gasteiger partial charge < -0.3 is 19.3 Å². The first-order valence-electron chi connectivity index (χ1n) is 11.2. The van der Waals surface area contributed by atoms with Crippen molar-refractivity contribution in [3.05, 3.63) is 58.5 Å². The van der Waals surface area contributed by atoms with E-state index < -0.39 is 5.60 Å². The van der Waals surface area contributed by atoms with Crippen molar-refractivity contribution in [3.63, 3.8) is 0 Å². The van der Waals surface area contributed by atoms with Gasteiger partial charge in [0, 0.05) is 36.8 Å². The van der Waals surface area contributed by atoms with Crippen LogP contribution in [0.2, 0.25) is 5.02 Å². The van der Waals surface area contributed by atoms with Crippen molar-refractivity contribution in [2.45, 2.75) is 45.8 Å². The number of hydrogen-bond acceptors (Lipinski definition) is 5. The highest BCUT2D eigenvalue weighted by Gasteiger charge is 2.25. The number of anilines is 1. The van der Waals surface area contributed by atoms with Crippen molar-refractivity contribution in [2.75, 3.05) is 31.1 Å². The van der Waals surface area contributed by atoms with Crippen LogP contribution in [0.1, 0.15) is 44.9 Å². The van der Waals surface area contributed by atoms with Crippen LogP contribution in [0.25, 0.3) is 5.57 Å². The van der Waals surface area contributed by atoms with Crippen molar-refractivity contribution in [1.82, 2.24) is 9.88 Å². The van der Waals surface area contributed by atoms with Gasteiger partial charge in [0.15, 0.2) is 11.6 Å². The Morgan fingerprint density at radius 1 is 1.24 bits per heavy atom. The summed E-state index contributed by atoms with van der Waals surface area (Å²) < 4.78 is 25.8. The molecule has 1 amide bonds. The van der Waals surface area contributed by atoms with E-state index in [-0.39, 0.29) is 11.9 Å². The molecular formula is C25H29ClFN3O3. The maximum atomic E-state index is 14.4. The Hall–Kier alpha value is -2.80. The summed E-state index contributed by atoms with van der Waals surface area (Å²) >= 11 is 5.91. The molecule has 2 aliphatic rings. The lowest BCUT2D eigenvalue weighted by Crippen LogP contribution is -2.39. The van der Waals surface area contributed by atoms with E-state index in [0.29, 0.717) is 61.4 Å². The molecule has 2 aliphatic heterocycles. The van der Waals surface area contributed by atoms with Gasteiger partial charge in [0.25, 0.3) is 0 Å². The Morgan fingerprint density at radius 3 is 2.76 bits per heavy atom. The number of benzene rings is 1. The number of pyridine rings is 1. The minimum absolute atomic E-state index is 0.308. The molecule has 0 fully saturated rings. The third kappa shape index (κ3) is 5.77. The number of aromatic nitrogens is 1. The number of rotatable bonds is 3. The molecule has 0 aliphatic carbocycles. The van der Waals surface area contributed by atoms with Gasteiger partial charge in [0.05, 0.1) is 12.3 Å². The van der Waals surface area contributed by atoms with Gasteiger partial charge in [-0.3, -0.25) is 0 Å². The lowest BCUT2D eigenvalue weighted by molar-refractivity contribution is 0.0270. The smallest absolute Gasteiger partial charge is 0.410 e. The first-order chi connectivity index (χ1) is 15.7. The summed E-state index contributed by atoms with van der Waals surface area (Å²) in [6.07, 6.45) is 3.20. The van der Waals surface area contributed by atoms with Crippen LogP contribution in [-0.2, 0) is 11.3 Å². The highest BCUT2D eigenvalue weighted by atomic mass is 35.5. The molecule has 4 rings (SSSR count). The molecule has 0 saturated heterocycles. The third-order valence-electron chi connectivity index (χ3n) is 5.53. The molecule has 2 aromatic rings. The molecule has 33 heavy (non-hydrogen) atoms. The van der Waals surface area contributed by atoms with Gasteiger partial charge >= 0.3 is 6.09 Å². The number of halogens is 2. The van der Waals surface area contributed by atoms with E-state index in [1.165, 1.54) is 6.07 Å². The van der Waals surface area contributed by atoms with Gasteiger partial charge in [-0.25, -0.2) is 14.2 Å². The fourth-order valence-electron chi connectivity index (χ4n) is 3.90. The summed E-state index contributed by atoms with van der Waals surface area (Å²) in [6.45, 7) is 8.28. The average molecular weight is 474 g/mol. The van der Waals surface area contributed by atoms with Gasteiger partial charge in [-0.15, -0.1) is 0 Å². The molecule has 0 N–H and O–H groups in total. The van der Waals surface area contributed by atoms with Crippen LogP contribution in [0, 0.1) is 5.82 Å². The topological polar surface area (TPSA) is 54.9 Å². The van der Waals surface area contributed by atoms with Crippen LogP contribution >= 0.6 is 11.6 Å². The average Bonchev–Trinajstić information content (AvgIpc) is 2.96. The molecule has 1 aromatic heterocycles. The summed E-state index contributed by atoms with van der Waals surface area (Å²) in [7, 11) is 0. The van der Waals surface area contributed by atoms with Crippen LogP contribution in [0.3, 0.4) is 0 Å². The van der Waals surface area contributed by atoms with E-state index in [1.54, 1.807) is 17.0 Å². The fraction of sp³-hybridized carbons (Fsp3) is 0.440. The molecule has 0 spiro atoms. The zero-order chi connectivity index (χ0) is 23.6. The van der Waals surface area contributed by atoms with E-state index in [1.807, 2.05) is 39.0 Å². The highest BCUT2D eigenvalue weighted by molar-refractivity contribution is 6.30. The number of nitrogens with zero attached hydrogens (tertiary/aromatic N) is 3. The number of carbonyl (C=O) groups is 1. The van der Waals surface area contributed by atoms with Gasteiger partial charge in [0.1, 0.15) is 11.4 Å². The molecule has 6 nitrogen and oxygen atoms in total. The van der Waals surface area contributed by atoms with Gasteiger partial charge in [-0.05, 0) is 63.5 Å². The molecule has 176 valence electrons. The Morgan fingerprint density at radius 2 is 2.06 bits per heavy atom. The molecule has 0 bridgehead atoms. The van der Waals surface area contributed by atoms with Crippen LogP contribution in [0.4, 0.5) is 15.0 Å². The van der Waals surface area contributed by atoms with Crippen LogP contribution in [0.15, 0.2) is 36.4 Å². The van der Waals surface area contributed by atoms with E-state index in [9.17, 15) is 9.18 Å². The molecule has 0 unspecified atom stereocenters. The molecular weight excluding hydrogens is 445 g/mol. The van der Waals surface area contributed by atoms with Crippen LogP contribution < -0.4 is 9.64 Å². The lowest BCUT2D eigenvalue weighted by Gasteiger charge is -2.30. The maximum absolute atomic E-state index is 14.4. The van der Waals surface area contributed by atoms with Crippen LogP contribution in [0.5, 0.6) is 5.75 Å². The summed E-state index contributed by atoms with van der Waals surface area (Å²) in [6, 6.07) is 8.61. The summed E-state index contributed by atoms with van der Waals surface area (Å²) in [5, 5.41) is 0.376. The van der Waals surface area contributed by atoms with Crippen molar-refractivity contribution in [3.8, 4) is 5.75 Å². The predicted octanol–water partition coefficient (Wildman–Crippen LogP) is 5.69. The Labute approximate surface area is 198 Å². The molecule has 3 heterocycles. The second-order valence-electron chi connectivity index (χ2n) is 9.28. The van der Waals surface area contributed by atoms with Crippen molar-refractivity contribution in [1.29, 1.82) is 0 Å². The number of hydrogen-bond donors (Lipinski definition) is 0. The van der Waals surface area contributed by atoms with E-state index >= 15 is 0 Å². The monoisotopic (exact) mass is 473 g/mol. The fourth-order valence-corrected chi connectivity index (χ4v) is 4.06. The number of amides is 1. The quantitative estimate of drug-likeness (QED) is 0.573. The zero-order valence-electron chi connectivity index (χ0n) is 19.2. The number of fused-ring (bicyclic) bond motifs is 1. The zero-order valence-corrected chi connectivity index (χ0v) is 20.0. The normalized spacial score (nSPS) is 16.5. The predicted molar refractivity (Wildman–Crippen MR) is 127 cm³/mol. The maximum Gasteiger partial charge on any atom is 0.410 e. The summed E-state index contributed by atoms with van der Waals surface area (Å²) in [4.78, 5) is 21.0. The van der Waals surface area contributed by atoms with Gasteiger partial charge in [0.2, 0.25) is 0 Å². The van der Waals surface area contributed by atoms with E-state index in [4.69, 9.17) is 26.1 Å². The van der Waals surface area contributed by atoms with Gasteiger partial charge in [-0.2, -0.15) is 0 Å². The first kappa shape index (κ1) is 23.4. The Balaban J connectivity index is 1.54. The lowest BCUT2D eigenvalue weighted by atomic mass is 10.0. The van der Waals surface area contributed by atoms with Crippen molar-refractivity contribution in [2.24, 2.45) is 0 Å². The van der Waals surface area contributed by atoms with E-state index in [2.05, 4.69) is 4.90 Å². The molecule has 8 heteroatoms. The second-order valence-corrected chi connectivity index (χ2v) is 9.72. The standard InChI is InChI=1S/C25H29ClFN3O3/c1-25(2,3)33-24(31)29-12-9-17(10-13-29)21-7-8-22-23(28-21)30(11-4-14-32-22)16-18-5-6-19(26)15-20(18)27/h5-9,15H,4,10-14,16H2,1-3H3. The molecule has 0 saturated carbocycles. The SMILES string of the molecule is CC(C)(C)OC(=O)N1CC=C(c2ccc3c(n2)N(Cc2ccc(Cl)cc2F)CCCO3)CC1. The molecule has 0 radical (unpaired) electrons. The van der Waals surface area contributed by atoms with Gasteiger partial charge in [-0.1, -0.05) is 23.7 Å². The number of carbonyl (C=O) groups excluding carboxylic acids is 1. The van der Waals surface area contributed by atoms with Crippen molar-refractivity contribution >= 4 is 29.1 Å². The molecule has 1 aromatic carbocycles. The largest absolute Gasteiger partial charge is 0.490 e. The minimum atomic E-state index is -0.521.